The molecule has 0 aromatic heterocycles. The Hall–Kier alpha value is -3.19. The Morgan fingerprint density at radius 1 is 1.00 bits per heavy atom. The van der Waals surface area contributed by atoms with Crippen molar-refractivity contribution >= 4 is 28.9 Å². The monoisotopic (exact) mass is 468 g/mol. The molecule has 0 atom stereocenters. The number of imide groups is 1. The number of nitrogens with one attached hydrogen (secondary N) is 1. The molecule has 3 amide bonds. The zero-order valence-electron chi connectivity index (χ0n) is 19.7. The van der Waals surface area contributed by atoms with E-state index in [1.807, 2.05) is 0 Å². The second kappa shape index (κ2) is 12.9. The number of unbranched alkanes of at least 4 members (excludes halogenated alkanes) is 7. The number of aliphatic hydroxyl groups is 1. The van der Waals surface area contributed by atoms with Crippen LogP contribution >= 0.6 is 0 Å². The van der Waals surface area contributed by atoms with E-state index in [1.165, 1.54) is 44.2 Å². The van der Waals surface area contributed by atoms with Gasteiger partial charge in [-0.1, -0.05) is 70.1 Å². The number of carbonyl (C=O) groups excluding carboxylic acids is 2. The van der Waals surface area contributed by atoms with Crippen LogP contribution in [-0.4, -0.2) is 30.3 Å². The van der Waals surface area contributed by atoms with Crippen LogP contribution in [0, 0.1) is 5.82 Å². The first kappa shape index (κ1) is 25.4. The summed E-state index contributed by atoms with van der Waals surface area (Å²) in [4.78, 5) is 26.9. The minimum atomic E-state index is -0.720. The molecule has 7 heteroatoms. The molecular weight excluding hydrogens is 435 g/mol. The van der Waals surface area contributed by atoms with Crippen LogP contribution in [0.2, 0.25) is 0 Å². The molecule has 1 aliphatic rings. The zero-order chi connectivity index (χ0) is 24.3. The summed E-state index contributed by atoms with van der Waals surface area (Å²) in [6, 6.07) is 11.7. The highest BCUT2D eigenvalue weighted by atomic mass is 19.1. The van der Waals surface area contributed by atoms with Crippen LogP contribution in [0.3, 0.4) is 0 Å². The Labute approximate surface area is 200 Å². The van der Waals surface area contributed by atoms with E-state index in [0.29, 0.717) is 12.3 Å². The van der Waals surface area contributed by atoms with Crippen molar-refractivity contribution in [2.45, 2.75) is 58.3 Å². The number of rotatable bonds is 12. The lowest BCUT2D eigenvalue weighted by Gasteiger charge is -2.16. The van der Waals surface area contributed by atoms with E-state index in [0.717, 1.165) is 30.2 Å². The van der Waals surface area contributed by atoms with Crippen LogP contribution in [0.1, 0.15) is 63.9 Å². The molecule has 1 aliphatic heterocycles. The molecule has 0 spiro atoms. The van der Waals surface area contributed by atoms with Gasteiger partial charge in [0.2, 0.25) is 0 Å². The van der Waals surface area contributed by atoms with Gasteiger partial charge in [-0.25, -0.2) is 14.1 Å². The Balaban J connectivity index is 1.60. The van der Waals surface area contributed by atoms with E-state index in [2.05, 4.69) is 12.2 Å². The third-order valence-corrected chi connectivity index (χ3v) is 5.78. The third-order valence-electron chi connectivity index (χ3n) is 5.78. The summed E-state index contributed by atoms with van der Waals surface area (Å²) in [6.45, 7) is 2.48. The summed E-state index contributed by atoms with van der Waals surface area (Å²) in [5, 5.41) is 13.3. The van der Waals surface area contributed by atoms with Gasteiger partial charge in [0.05, 0.1) is 11.3 Å². The Bertz CT molecular complexity index is 1010. The molecule has 34 heavy (non-hydrogen) atoms. The third kappa shape index (κ3) is 6.67. The van der Waals surface area contributed by atoms with Gasteiger partial charge in [-0.05, 0) is 36.8 Å². The molecule has 0 saturated carbocycles. The summed E-state index contributed by atoms with van der Waals surface area (Å²) >= 11 is 0. The van der Waals surface area contributed by atoms with Gasteiger partial charge in [0.1, 0.15) is 18.2 Å². The highest BCUT2D eigenvalue weighted by Crippen LogP contribution is 2.39. The number of hydrogen-bond donors (Lipinski definition) is 2. The number of para-hydroxylation sites is 1. The number of hydrogen-bond acceptors (Lipinski definition) is 4. The number of carbonyl (C=O) groups is 2. The molecule has 0 unspecified atom stereocenters. The van der Waals surface area contributed by atoms with Crippen molar-refractivity contribution in [3.05, 3.63) is 65.7 Å². The predicted octanol–water partition coefficient (Wildman–Crippen LogP) is 6.83. The smallest absolute Gasteiger partial charge is 0.333 e. The van der Waals surface area contributed by atoms with E-state index >= 15 is 0 Å². The number of benzene rings is 2. The molecule has 0 bridgehead atoms. The van der Waals surface area contributed by atoms with Gasteiger partial charge in [-0.2, -0.15) is 0 Å². The maximum Gasteiger partial charge on any atom is 0.333 e. The molecule has 0 aliphatic carbocycles. The average molecular weight is 469 g/mol. The highest BCUT2D eigenvalue weighted by Gasteiger charge is 2.39. The molecule has 0 saturated heterocycles. The van der Waals surface area contributed by atoms with Gasteiger partial charge in [-0.3, -0.25) is 4.79 Å². The topological polar surface area (TPSA) is 78.9 Å². The van der Waals surface area contributed by atoms with E-state index in [-0.39, 0.29) is 29.2 Å². The highest BCUT2D eigenvalue weighted by molar-refractivity contribution is 6.41. The predicted molar refractivity (Wildman–Crippen MR) is 132 cm³/mol. The molecule has 2 N–H and O–H groups in total. The standard InChI is InChI=1S/C27H33FN2O4/c1-2-3-4-5-6-7-8-12-17-34-19-24(31)25-22-18-20(28)15-16-23(22)30(26(25)32)27(33)29-21-13-10-9-11-14-21/h9-11,13-16,18,31H,2-8,12,17,19H2,1H3,(H,29,33). The van der Waals surface area contributed by atoms with Crippen LogP contribution in [0.5, 0.6) is 0 Å². The van der Waals surface area contributed by atoms with E-state index in [1.54, 1.807) is 30.3 Å². The van der Waals surface area contributed by atoms with Gasteiger partial charge < -0.3 is 15.2 Å². The van der Waals surface area contributed by atoms with Crippen LogP contribution in [-0.2, 0) is 9.53 Å². The summed E-state index contributed by atoms with van der Waals surface area (Å²) in [5.41, 5.74) is 0.777. The van der Waals surface area contributed by atoms with E-state index in [4.69, 9.17) is 4.74 Å². The number of halogens is 1. The van der Waals surface area contributed by atoms with Crippen molar-refractivity contribution in [3.8, 4) is 0 Å². The fourth-order valence-corrected chi connectivity index (χ4v) is 4.00. The normalized spacial score (nSPS) is 14.3. The maximum atomic E-state index is 14.0. The van der Waals surface area contributed by atoms with Crippen LogP contribution < -0.4 is 10.2 Å². The fourth-order valence-electron chi connectivity index (χ4n) is 4.00. The molecule has 1 heterocycles. The van der Waals surface area contributed by atoms with Gasteiger partial charge in [0.25, 0.3) is 5.91 Å². The first-order valence-corrected chi connectivity index (χ1v) is 12.0. The maximum absolute atomic E-state index is 14.0. The number of fused-ring (bicyclic) bond motifs is 1. The fraction of sp³-hybridized carbons (Fsp3) is 0.407. The largest absolute Gasteiger partial charge is 0.509 e. The number of nitrogens with zero attached hydrogens (tertiary/aromatic N) is 1. The number of amides is 3. The van der Waals surface area contributed by atoms with Crippen LogP contribution in [0.25, 0.3) is 5.57 Å². The second-order valence-electron chi connectivity index (χ2n) is 8.45. The van der Waals surface area contributed by atoms with Crippen molar-refractivity contribution in [2.24, 2.45) is 0 Å². The van der Waals surface area contributed by atoms with Crippen molar-refractivity contribution in [1.29, 1.82) is 0 Å². The average Bonchev–Trinajstić information content (AvgIpc) is 3.11. The summed E-state index contributed by atoms with van der Waals surface area (Å²) in [6.07, 6.45) is 9.34. The van der Waals surface area contributed by atoms with Gasteiger partial charge in [0, 0.05) is 17.9 Å². The van der Waals surface area contributed by atoms with Crippen molar-refractivity contribution in [2.75, 3.05) is 23.4 Å². The second-order valence-corrected chi connectivity index (χ2v) is 8.45. The molecule has 3 rings (SSSR count). The summed E-state index contributed by atoms with van der Waals surface area (Å²) < 4.78 is 19.5. The first-order chi connectivity index (χ1) is 16.5. The Morgan fingerprint density at radius 2 is 1.68 bits per heavy atom. The first-order valence-electron chi connectivity index (χ1n) is 12.0. The molecule has 0 fully saturated rings. The number of urea groups is 1. The van der Waals surface area contributed by atoms with Gasteiger partial charge >= 0.3 is 6.03 Å². The van der Waals surface area contributed by atoms with Crippen molar-refractivity contribution in [3.63, 3.8) is 0 Å². The lowest BCUT2D eigenvalue weighted by Crippen LogP contribution is -2.37. The zero-order valence-corrected chi connectivity index (χ0v) is 19.7. The minimum absolute atomic E-state index is 0.117. The number of anilines is 2. The Morgan fingerprint density at radius 3 is 2.38 bits per heavy atom. The van der Waals surface area contributed by atoms with Crippen molar-refractivity contribution < 1.29 is 23.8 Å². The van der Waals surface area contributed by atoms with Crippen molar-refractivity contribution in [1.82, 2.24) is 0 Å². The van der Waals surface area contributed by atoms with Crippen LogP contribution in [0.4, 0.5) is 20.6 Å². The molecule has 6 nitrogen and oxygen atoms in total. The summed E-state index contributed by atoms with van der Waals surface area (Å²) in [5.74, 6) is -1.60. The summed E-state index contributed by atoms with van der Waals surface area (Å²) in [7, 11) is 0. The Kier molecular flexibility index (Phi) is 9.64. The molecule has 182 valence electrons. The number of aliphatic hydroxyl groups excluding tert-OH is 1. The minimum Gasteiger partial charge on any atom is -0.509 e. The molecule has 2 aromatic carbocycles. The molecule has 0 radical (unpaired) electrons. The quantitative estimate of drug-likeness (QED) is 0.203. The van der Waals surface area contributed by atoms with Gasteiger partial charge in [0.15, 0.2) is 0 Å². The number of ether oxygens (including phenoxy) is 1. The van der Waals surface area contributed by atoms with Crippen LogP contribution in [0.15, 0.2) is 54.3 Å². The lowest BCUT2D eigenvalue weighted by atomic mass is 10.1. The van der Waals surface area contributed by atoms with E-state index in [9.17, 15) is 19.1 Å². The van der Waals surface area contributed by atoms with Gasteiger partial charge in [-0.15, -0.1) is 0 Å². The molecular formula is C27H33FN2O4. The lowest BCUT2D eigenvalue weighted by molar-refractivity contribution is -0.112. The SMILES string of the molecule is CCCCCCCCCCOCC(O)=C1C(=O)N(C(=O)Nc2ccccc2)c2ccc(F)cc21. The molecule has 2 aromatic rings. The van der Waals surface area contributed by atoms with E-state index < -0.39 is 17.8 Å².